The van der Waals surface area contributed by atoms with Crippen LogP contribution in [0.3, 0.4) is 0 Å². The zero-order chi connectivity index (χ0) is 19.7. The van der Waals surface area contributed by atoms with Gasteiger partial charge in [-0.1, -0.05) is 41.5 Å². The zero-order valence-electron chi connectivity index (χ0n) is 16.6. The van der Waals surface area contributed by atoms with Gasteiger partial charge in [0, 0.05) is 11.1 Å². The molecule has 2 N–H and O–H groups in total. The Bertz CT molecular complexity index is 799. The summed E-state index contributed by atoms with van der Waals surface area (Å²) in [6, 6.07) is 5.42. The van der Waals surface area contributed by atoms with Gasteiger partial charge in [-0.3, -0.25) is 4.79 Å². The highest BCUT2D eigenvalue weighted by Gasteiger charge is 2.26. The van der Waals surface area contributed by atoms with Crippen LogP contribution in [0, 0.1) is 6.92 Å². The average molecular weight is 356 g/mol. The molecule has 1 aromatic heterocycles. The first-order valence-electron chi connectivity index (χ1n) is 8.66. The lowest BCUT2D eigenvalue weighted by molar-refractivity contribution is 0.0953. The smallest absolute Gasteiger partial charge is 0.274 e. The summed E-state index contributed by atoms with van der Waals surface area (Å²) in [5.74, 6) is 0.547. The van der Waals surface area contributed by atoms with E-state index in [0.29, 0.717) is 17.1 Å². The van der Waals surface area contributed by atoms with E-state index in [1.807, 2.05) is 12.1 Å². The van der Waals surface area contributed by atoms with Crippen LogP contribution in [0.25, 0.3) is 0 Å². The van der Waals surface area contributed by atoms with Crippen molar-refractivity contribution in [2.75, 3.05) is 0 Å². The Morgan fingerprint density at radius 1 is 1.12 bits per heavy atom. The van der Waals surface area contributed by atoms with E-state index in [1.54, 1.807) is 19.2 Å². The van der Waals surface area contributed by atoms with Gasteiger partial charge in [-0.2, -0.15) is 5.10 Å². The van der Waals surface area contributed by atoms with Crippen molar-refractivity contribution < 1.29 is 14.3 Å². The molecule has 2 rings (SSSR count). The fourth-order valence-corrected chi connectivity index (χ4v) is 2.72. The van der Waals surface area contributed by atoms with E-state index >= 15 is 0 Å². The van der Waals surface area contributed by atoms with Crippen molar-refractivity contribution in [1.29, 1.82) is 0 Å². The molecule has 1 aromatic carbocycles. The first kappa shape index (κ1) is 19.8. The summed E-state index contributed by atoms with van der Waals surface area (Å²) in [5.41, 5.74) is 5.06. The van der Waals surface area contributed by atoms with Gasteiger partial charge >= 0.3 is 0 Å². The van der Waals surface area contributed by atoms with Gasteiger partial charge < -0.3 is 9.52 Å². The van der Waals surface area contributed by atoms with Crippen molar-refractivity contribution >= 4 is 12.1 Å². The standard InChI is InChI=1S/C21H28N2O3/c1-13-15(8-9-26-13)19(25)23-22-12-14-10-16(20(2,3)4)18(24)17(11-14)21(5,6)7/h8-12,24H,1-7H3,(H,23,25). The molecule has 5 heteroatoms. The van der Waals surface area contributed by atoms with E-state index in [1.165, 1.54) is 6.26 Å². The maximum atomic E-state index is 12.1. The summed E-state index contributed by atoms with van der Waals surface area (Å²) >= 11 is 0. The molecule has 0 bridgehead atoms. The summed E-state index contributed by atoms with van der Waals surface area (Å²) in [6.45, 7) is 14.1. The van der Waals surface area contributed by atoms with Gasteiger partial charge in [-0.15, -0.1) is 0 Å². The topological polar surface area (TPSA) is 74.8 Å². The number of phenolic OH excluding ortho intramolecular Hbond substituents is 1. The number of hydrogen-bond acceptors (Lipinski definition) is 4. The van der Waals surface area contributed by atoms with Crippen molar-refractivity contribution in [2.24, 2.45) is 5.10 Å². The van der Waals surface area contributed by atoms with Crippen LogP contribution >= 0.6 is 0 Å². The Balaban J connectivity index is 2.34. The summed E-state index contributed by atoms with van der Waals surface area (Å²) in [5, 5.41) is 14.8. The molecule has 0 saturated carbocycles. The largest absolute Gasteiger partial charge is 0.507 e. The quantitative estimate of drug-likeness (QED) is 0.621. The number of furan rings is 1. The van der Waals surface area contributed by atoms with Crippen molar-refractivity contribution in [1.82, 2.24) is 5.43 Å². The normalized spacial score (nSPS) is 12.6. The minimum atomic E-state index is -0.321. The number of benzene rings is 1. The highest BCUT2D eigenvalue weighted by molar-refractivity contribution is 5.95. The summed E-state index contributed by atoms with van der Waals surface area (Å²) in [7, 11) is 0. The molecule has 0 aliphatic rings. The number of rotatable bonds is 3. The van der Waals surface area contributed by atoms with Crippen LogP contribution in [-0.2, 0) is 10.8 Å². The molecule has 0 unspecified atom stereocenters. The number of aromatic hydroxyl groups is 1. The van der Waals surface area contributed by atoms with E-state index in [-0.39, 0.29) is 16.7 Å². The predicted octanol–water partition coefficient (Wildman–Crippen LogP) is 4.65. The Kier molecular flexibility index (Phi) is 5.31. The Labute approximate surface area is 155 Å². The first-order valence-corrected chi connectivity index (χ1v) is 8.66. The van der Waals surface area contributed by atoms with Crippen molar-refractivity contribution in [3.8, 4) is 5.75 Å². The van der Waals surface area contributed by atoms with E-state index in [0.717, 1.165) is 16.7 Å². The minimum Gasteiger partial charge on any atom is -0.507 e. The van der Waals surface area contributed by atoms with Crippen molar-refractivity contribution in [3.05, 3.63) is 52.5 Å². The van der Waals surface area contributed by atoms with Gasteiger partial charge in [0.25, 0.3) is 5.91 Å². The Morgan fingerprint density at radius 3 is 2.08 bits per heavy atom. The lowest BCUT2D eigenvalue weighted by atomic mass is 9.78. The Morgan fingerprint density at radius 2 is 1.65 bits per heavy atom. The van der Waals surface area contributed by atoms with Crippen LogP contribution in [-0.4, -0.2) is 17.2 Å². The molecule has 0 radical (unpaired) electrons. The first-order chi connectivity index (χ1) is 11.9. The molecule has 1 amide bonds. The van der Waals surface area contributed by atoms with Crippen LogP contribution in [0.2, 0.25) is 0 Å². The lowest BCUT2D eigenvalue weighted by Crippen LogP contribution is -2.19. The van der Waals surface area contributed by atoms with Gasteiger partial charge in [-0.25, -0.2) is 5.43 Å². The Hall–Kier alpha value is -2.56. The molecule has 2 aromatic rings. The predicted molar refractivity (Wildman–Crippen MR) is 104 cm³/mol. The highest BCUT2D eigenvalue weighted by atomic mass is 16.3. The van der Waals surface area contributed by atoms with Gasteiger partial charge in [0.15, 0.2) is 0 Å². The number of hydrazone groups is 1. The second-order valence-electron chi connectivity index (χ2n) is 8.55. The van der Waals surface area contributed by atoms with Gasteiger partial charge in [0.1, 0.15) is 11.5 Å². The number of phenols is 1. The number of nitrogens with one attached hydrogen (secondary N) is 1. The molecule has 0 aliphatic heterocycles. The number of hydrogen-bond donors (Lipinski definition) is 2. The average Bonchev–Trinajstić information content (AvgIpc) is 2.92. The molecule has 0 atom stereocenters. The van der Waals surface area contributed by atoms with E-state index in [9.17, 15) is 9.90 Å². The van der Waals surface area contributed by atoms with Crippen molar-refractivity contribution in [3.63, 3.8) is 0 Å². The molecule has 1 heterocycles. The van der Waals surface area contributed by atoms with Crippen molar-refractivity contribution in [2.45, 2.75) is 59.3 Å². The van der Waals surface area contributed by atoms with E-state index < -0.39 is 0 Å². The molecule has 140 valence electrons. The monoisotopic (exact) mass is 356 g/mol. The fraction of sp³-hybridized carbons (Fsp3) is 0.429. The second-order valence-corrected chi connectivity index (χ2v) is 8.55. The minimum absolute atomic E-state index is 0.217. The summed E-state index contributed by atoms with van der Waals surface area (Å²) < 4.78 is 5.13. The molecule has 5 nitrogen and oxygen atoms in total. The number of carbonyl (C=O) groups excluding carboxylic acids is 1. The van der Waals surface area contributed by atoms with Gasteiger partial charge in [0.2, 0.25) is 0 Å². The van der Waals surface area contributed by atoms with Crippen LogP contribution in [0.15, 0.2) is 34.0 Å². The third kappa shape index (κ3) is 4.34. The molecule has 0 saturated heterocycles. The second kappa shape index (κ2) is 6.98. The third-order valence-electron chi connectivity index (χ3n) is 4.23. The van der Waals surface area contributed by atoms with Crippen LogP contribution in [0.1, 0.15) is 74.4 Å². The maximum Gasteiger partial charge on any atom is 0.274 e. The molecule has 0 spiro atoms. The molecular weight excluding hydrogens is 328 g/mol. The van der Waals surface area contributed by atoms with Crippen LogP contribution < -0.4 is 5.43 Å². The maximum absolute atomic E-state index is 12.1. The SMILES string of the molecule is Cc1occc1C(=O)NN=Cc1cc(C(C)(C)C)c(O)c(C(C)(C)C)c1. The van der Waals surface area contributed by atoms with Gasteiger partial charge in [0.05, 0.1) is 18.0 Å². The number of aryl methyl sites for hydroxylation is 1. The highest BCUT2D eigenvalue weighted by Crippen LogP contribution is 2.39. The summed E-state index contributed by atoms with van der Waals surface area (Å²) in [6.07, 6.45) is 3.07. The third-order valence-corrected chi connectivity index (χ3v) is 4.23. The molecule has 26 heavy (non-hydrogen) atoms. The lowest BCUT2D eigenvalue weighted by Gasteiger charge is -2.27. The molecule has 0 aliphatic carbocycles. The van der Waals surface area contributed by atoms with E-state index in [2.05, 4.69) is 52.1 Å². The van der Waals surface area contributed by atoms with Gasteiger partial charge in [-0.05, 0) is 41.5 Å². The molecule has 0 fully saturated rings. The van der Waals surface area contributed by atoms with E-state index in [4.69, 9.17) is 4.42 Å². The number of amides is 1. The summed E-state index contributed by atoms with van der Waals surface area (Å²) in [4.78, 5) is 12.1. The fourth-order valence-electron chi connectivity index (χ4n) is 2.72. The zero-order valence-corrected chi connectivity index (χ0v) is 16.6. The number of carbonyl (C=O) groups is 1. The molecular formula is C21H28N2O3. The number of nitrogens with zero attached hydrogens (tertiary/aromatic N) is 1. The van der Waals surface area contributed by atoms with Crippen LogP contribution in [0.5, 0.6) is 5.75 Å². The van der Waals surface area contributed by atoms with Crippen LogP contribution in [0.4, 0.5) is 0 Å².